The van der Waals surface area contributed by atoms with Gasteiger partial charge in [0.2, 0.25) is 0 Å². The second kappa shape index (κ2) is 7.68. The van der Waals surface area contributed by atoms with Crippen molar-refractivity contribution in [2.24, 2.45) is 0 Å². The van der Waals surface area contributed by atoms with Crippen LogP contribution < -0.4 is 16.0 Å². The molecule has 0 fully saturated rings. The Morgan fingerprint density at radius 1 is 1.04 bits per heavy atom. The van der Waals surface area contributed by atoms with Gasteiger partial charge in [0.05, 0.1) is 6.20 Å². The maximum absolute atomic E-state index is 12.0. The Kier molecular flexibility index (Phi) is 4.95. The summed E-state index contributed by atoms with van der Waals surface area (Å²) in [5, 5.41) is 17.8. The minimum atomic E-state index is -0.395. The van der Waals surface area contributed by atoms with Gasteiger partial charge in [-0.2, -0.15) is 15.4 Å². The largest absolute Gasteiger partial charge is 0.334 e. The van der Waals surface area contributed by atoms with E-state index in [1.54, 1.807) is 36.7 Å². The fraction of sp³-hybridized carbons (Fsp3) is 0.0625. The zero-order valence-electron chi connectivity index (χ0n) is 13.1. The SMILES string of the molecule is O=C(NCc1ccncc1)Nc1cccc(NC(=O)c2cn[nH]n2)c1. The van der Waals surface area contributed by atoms with Crippen LogP contribution in [0.5, 0.6) is 0 Å². The molecule has 25 heavy (non-hydrogen) atoms. The van der Waals surface area contributed by atoms with Crippen LogP contribution in [0.15, 0.2) is 55.0 Å². The van der Waals surface area contributed by atoms with E-state index in [0.29, 0.717) is 17.9 Å². The van der Waals surface area contributed by atoms with Crippen LogP contribution in [0.1, 0.15) is 16.1 Å². The fourth-order valence-electron chi connectivity index (χ4n) is 2.04. The first-order valence-corrected chi connectivity index (χ1v) is 7.41. The van der Waals surface area contributed by atoms with Crippen LogP contribution in [0.3, 0.4) is 0 Å². The molecule has 9 heteroatoms. The van der Waals surface area contributed by atoms with Crippen LogP contribution in [0.2, 0.25) is 0 Å². The number of carbonyl (C=O) groups is 2. The lowest BCUT2D eigenvalue weighted by Gasteiger charge is -2.09. The molecule has 2 aromatic heterocycles. The minimum absolute atomic E-state index is 0.174. The number of rotatable bonds is 5. The van der Waals surface area contributed by atoms with Crippen molar-refractivity contribution >= 4 is 23.3 Å². The first-order chi connectivity index (χ1) is 12.2. The molecule has 0 saturated carbocycles. The number of carbonyl (C=O) groups excluding carboxylic acids is 2. The second-order valence-electron chi connectivity index (χ2n) is 5.05. The summed E-state index contributed by atoms with van der Waals surface area (Å²) in [5.41, 5.74) is 2.19. The molecular formula is C16H15N7O2. The number of hydrogen-bond acceptors (Lipinski definition) is 5. The van der Waals surface area contributed by atoms with Gasteiger partial charge in [-0.15, -0.1) is 0 Å². The molecule has 0 aliphatic carbocycles. The molecule has 0 unspecified atom stereocenters. The molecule has 0 spiro atoms. The number of aromatic nitrogens is 4. The number of anilines is 2. The van der Waals surface area contributed by atoms with Gasteiger partial charge < -0.3 is 16.0 Å². The van der Waals surface area contributed by atoms with E-state index in [1.165, 1.54) is 6.20 Å². The molecule has 0 aliphatic rings. The number of amides is 3. The highest BCUT2D eigenvalue weighted by Gasteiger charge is 2.09. The Balaban J connectivity index is 1.56. The summed E-state index contributed by atoms with van der Waals surface area (Å²) in [7, 11) is 0. The summed E-state index contributed by atoms with van der Waals surface area (Å²) in [5.74, 6) is -0.395. The van der Waals surface area contributed by atoms with Crippen molar-refractivity contribution in [2.75, 3.05) is 10.6 Å². The third-order valence-corrected chi connectivity index (χ3v) is 3.23. The van der Waals surface area contributed by atoms with Crippen molar-refractivity contribution in [3.63, 3.8) is 0 Å². The maximum atomic E-state index is 12.0. The zero-order chi connectivity index (χ0) is 17.5. The third kappa shape index (κ3) is 4.61. The van der Waals surface area contributed by atoms with E-state index in [4.69, 9.17) is 0 Å². The minimum Gasteiger partial charge on any atom is -0.334 e. The topological polar surface area (TPSA) is 125 Å². The van der Waals surface area contributed by atoms with Gasteiger partial charge in [0.1, 0.15) is 0 Å². The number of H-pyrrole nitrogens is 1. The van der Waals surface area contributed by atoms with Gasteiger partial charge in [0, 0.05) is 30.3 Å². The van der Waals surface area contributed by atoms with Crippen LogP contribution in [0.25, 0.3) is 0 Å². The molecule has 3 rings (SSSR count). The van der Waals surface area contributed by atoms with E-state index in [2.05, 4.69) is 36.3 Å². The lowest BCUT2D eigenvalue weighted by atomic mass is 10.2. The van der Waals surface area contributed by atoms with Gasteiger partial charge in [-0.25, -0.2) is 4.79 Å². The van der Waals surface area contributed by atoms with Gasteiger partial charge in [-0.1, -0.05) is 6.07 Å². The fourth-order valence-corrected chi connectivity index (χ4v) is 2.04. The molecule has 0 atom stereocenters. The summed E-state index contributed by atoms with van der Waals surface area (Å²) in [6, 6.07) is 10.1. The number of aromatic amines is 1. The quantitative estimate of drug-likeness (QED) is 0.565. The van der Waals surface area contributed by atoms with Crippen molar-refractivity contribution in [3.8, 4) is 0 Å². The molecular weight excluding hydrogens is 322 g/mol. The van der Waals surface area contributed by atoms with Gasteiger partial charge >= 0.3 is 6.03 Å². The predicted molar refractivity (Wildman–Crippen MR) is 90.9 cm³/mol. The lowest BCUT2D eigenvalue weighted by molar-refractivity contribution is 0.102. The highest BCUT2D eigenvalue weighted by molar-refractivity contribution is 6.03. The summed E-state index contributed by atoms with van der Waals surface area (Å²) < 4.78 is 0. The molecule has 0 bridgehead atoms. The standard InChI is InChI=1S/C16H15N7O2/c24-15(14-10-19-23-22-14)20-12-2-1-3-13(8-12)21-16(25)18-9-11-4-6-17-7-5-11/h1-8,10H,9H2,(H,20,24)(H2,18,21,25)(H,19,22,23). The Hall–Kier alpha value is -3.75. The van der Waals surface area contributed by atoms with E-state index >= 15 is 0 Å². The number of benzene rings is 1. The van der Waals surface area contributed by atoms with Crippen LogP contribution in [0, 0.1) is 0 Å². The summed E-state index contributed by atoms with van der Waals surface area (Å²) in [6.07, 6.45) is 4.65. The van der Waals surface area contributed by atoms with Gasteiger partial charge in [0.25, 0.3) is 5.91 Å². The molecule has 126 valence electrons. The van der Waals surface area contributed by atoms with E-state index in [9.17, 15) is 9.59 Å². The average Bonchev–Trinajstić information content (AvgIpc) is 3.16. The molecule has 3 amide bonds. The van der Waals surface area contributed by atoms with Crippen LogP contribution in [-0.4, -0.2) is 32.3 Å². The number of nitrogens with zero attached hydrogens (tertiary/aromatic N) is 3. The summed E-state index contributed by atoms with van der Waals surface area (Å²) >= 11 is 0. The molecule has 0 radical (unpaired) electrons. The van der Waals surface area contributed by atoms with E-state index in [0.717, 1.165) is 5.56 Å². The predicted octanol–water partition coefficient (Wildman–Crippen LogP) is 1.77. The maximum Gasteiger partial charge on any atom is 0.319 e. The Morgan fingerprint density at radius 3 is 2.52 bits per heavy atom. The van der Waals surface area contributed by atoms with Crippen molar-refractivity contribution in [3.05, 3.63) is 66.2 Å². The third-order valence-electron chi connectivity index (χ3n) is 3.23. The Morgan fingerprint density at radius 2 is 1.80 bits per heavy atom. The highest BCUT2D eigenvalue weighted by atomic mass is 16.2. The van der Waals surface area contributed by atoms with E-state index in [1.807, 2.05) is 12.1 Å². The summed E-state index contributed by atoms with van der Waals surface area (Å²) in [4.78, 5) is 27.8. The monoisotopic (exact) mass is 337 g/mol. The molecule has 0 aliphatic heterocycles. The highest BCUT2D eigenvalue weighted by Crippen LogP contribution is 2.15. The van der Waals surface area contributed by atoms with E-state index < -0.39 is 5.91 Å². The molecule has 9 nitrogen and oxygen atoms in total. The van der Waals surface area contributed by atoms with Crippen molar-refractivity contribution < 1.29 is 9.59 Å². The smallest absolute Gasteiger partial charge is 0.319 e. The molecule has 3 aromatic rings. The van der Waals surface area contributed by atoms with E-state index in [-0.39, 0.29) is 11.7 Å². The van der Waals surface area contributed by atoms with Gasteiger partial charge in [0.15, 0.2) is 5.69 Å². The van der Waals surface area contributed by atoms with Gasteiger partial charge in [-0.05, 0) is 35.9 Å². The Bertz CT molecular complexity index is 850. The van der Waals surface area contributed by atoms with Gasteiger partial charge in [-0.3, -0.25) is 9.78 Å². The first-order valence-electron chi connectivity index (χ1n) is 7.41. The van der Waals surface area contributed by atoms with Crippen molar-refractivity contribution in [1.82, 2.24) is 25.7 Å². The lowest BCUT2D eigenvalue weighted by Crippen LogP contribution is -2.28. The molecule has 4 N–H and O–H groups in total. The molecule has 0 saturated heterocycles. The number of pyridine rings is 1. The average molecular weight is 337 g/mol. The van der Waals surface area contributed by atoms with Crippen LogP contribution >= 0.6 is 0 Å². The summed E-state index contributed by atoms with van der Waals surface area (Å²) in [6.45, 7) is 0.386. The number of hydrogen-bond donors (Lipinski definition) is 4. The van der Waals surface area contributed by atoms with Crippen LogP contribution in [-0.2, 0) is 6.54 Å². The van der Waals surface area contributed by atoms with Crippen molar-refractivity contribution in [2.45, 2.75) is 6.54 Å². The number of nitrogens with one attached hydrogen (secondary N) is 4. The zero-order valence-corrected chi connectivity index (χ0v) is 13.1. The normalized spacial score (nSPS) is 10.1. The number of urea groups is 1. The molecule has 2 heterocycles. The second-order valence-corrected chi connectivity index (χ2v) is 5.05. The van der Waals surface area contributed by atoms with Crippen molar-refractivity contribution in [1.29, 1.82) is 0 Å². The Labute approximate surface area is 142 Å². The molecule has 1 aromatic carbocycles. The first kappa shape index (κ1) is 16.1. The van der Waals surface area contributed by atoms with Crippen LogP contribution in [0.4, 0.5) is 16.2 Å².